The van der Waals surface area contributed by atoms with Gasteiger partial charge in [-0.25, -0.2) is 9.97 Å². The topological polar surface area (TPSA) is 102 Å². The highest BCUT2D eigenvalue weighted by molar-refractivity contribution is 5.93. The Morgan fingerprint density at radius 1 is 1.17 bits per heavy atom. The summed E-state index contributed by atoms with van der Waals surface area (Å²) in [5.41, 5.74) is 0.942. The zero-order valence-corrected chi connectivity index (χ0v) is 15.2. The van der Waals surface area contributed by atoms with Gasteiger partial charge >= 0.3 is 6.18 Å². The monoisotopic (exact) mass is 407 g/mol. The maximum atomic E-state index is 12.1. The molecular formula is C18H16F3N5O3. The molecule has 2 heterocycles. The van der Waals surface area contributed by atoms with E-state index in [1.807, 2.05) is 0 Å². The average molecular weight is 407 g/mol. The summed E-state index contributed by atoms with van der Waals surface area (Å²) < 4.78 is 45.9. The van der Waals surface area contributed by atoms with Crippen LogP contribution in [0.15, 0.2) is 42.6 Å². The molecule has 11 heteroatoms. The van der Waals surface area contributed by atoms with Crippen molar-refractivity contribution in [3.8, 4) is 23.0 Å². The van der Waals surface area contributed by atoms with Crippen molar-refractivity contribution in [3.05, 3.63) is 54.0 Å². The summed E-state index contributed by atoms with van der Waals surface area (Å²) >= 11 is 0. The number of nitrogens with zero attached hydrogens (tertiary/aromatic N) is 3. The average Bonchev–Trinajstić information content (AvgIpc) is 3.19. The van der Waals surface area contributed by atoms with E-state index in [1.165, 1.54) is 12.1 Å². The summed E-state index contributed by atoms with van der Waals surface area (Å²) in [6.07, 6.45) is -3.33. The molecule has 0 aliphatic rings. The lowest BCUT2D eigenvalue weighted by Gasteiger charge is -2.08. The lowest BCUT2D eigenvalue weighted by Crippen LogP contribution is -2.23. The number of halogens is 3. The Hall–Kier alpha value is -3.63. The van der Waals surface area contributed by atoms with Crippen LogP contribution in [0.1, 0.15) is 16.2 Å². The van der Waals surface area contributed by atoms with Crippen LogP contribution in [-0.4, -0.2) is 46.0 Å². The van der Waals surface area contributed by atoms with E-state index < -0.39 is 18.7 Å². The summed E-state index contributed by atoms with van der Waals surface area (Å²) in [7, 11) is 1.57. The molecule has 0 aliphatic heterocycles. The van der Waals surface area contributed by atoms with Gasteiger partial charge < -0.3 is 14.8 Å². The molecule has 3 rings (SSSR count). The fraction of sp³-hybridized carbons (Fsp3) is 0.222. The number of aromatic amines is 1. The number of carbonyl (C=O) groups is 1. The fourth-order valence-electron chi connectivity index (χ4n) is 2.27. The first-order chi connectivity index (χ1) is 13.8. The number of benzene rings is 1. The molecule has 8 nitrogen and oxygen atoms in total. The van der Waals surface area contributed by atoms with E-state index in [2.05, 4.69) is 30.2 Å². The number of pyridine rings is 1. The van der Waals surface area contributed by atoms with E-state index in [1.54, 1.807) is 31.4 Å². The van der Waals surface area contributed by atoms with Crippen molar-refractivity contribution >= 4 is 5.91 Å². The molecule has 1 amide bonds. The van der Waals surface area contributed by atoms with Gasteiger partial charge in [0.1, 0.15) is 11.6 Å². The first kappa shape index (κ1) is 20.1. The number of hydrogen-bond donors (Lipinski definition) is 2. The lowest BCUT2D eigenvalue weighted by atomic mass is 10.2. The molecule has 0 unspecified atom stereocenters. The molecule has 0 saturated carbocycles. The van der Waals surface area contributed by atoms with Gasteiger partial charge in [-0.1, -0.05) is 0 Å². The van der Waals surface area contributed by atoms with Gasteiger partial charge in [0.2, 0.25) is 5.88 Å². The van der Waals surface area contributed by atoms with E-state index in [0.29, 0.717) is 17.4 Å². The molecule has 0 fully saturated rings. The molecule has 29 heavy (non-hydrogen) atoms. The minimum absolute atomic E-state index is 0.0777. The van der Waals surface area contributed by atoms with Crippen molar-refractivity contribution in [2.24, 2.45) is 0 Å². The standard InChI is InChI=1S/C18H16F3N5O3/c1-28-13-5-2-11(3-6-13)16-24-14(25-26-16)9-23-17(27)12-4-7-15(22-8-12)29-10-18(19,20)21/h2-8H,9-10H2,1H3,(H,23,27)(H,24,25,26). The second-order valence-corrected chi connectivity index (χ2v) is 5.81. The van der Waals surface area contributed by atoms with Crippen molar-refractivity contribution in [2.45, 2.75) is 12.7 Å². The Morgan fingerprint density at radius 3 is 2.55 bits per heavy atom. The Labute approximate surface area is 163 Å². The quantitative estimate of drug-likeness (QED) is 0.625. The molecule has 0 aliphatic carbocycles. The van der Waals surface area contributed by atoms with Crippen molar-refractivity contribution < 1.29 is 27.4 Å². The summed E-state index contributed by atoms with van der Waals surface area (Å²) in [6, 6.07) is 9.68. The van der Waals surface area contributed by atoms with Gasteiger partial charge in [0, 0.05) is 17.8 Å². The maximum absolute atomic E-state index is 12.1. The van der Waals surface area contributed by atoms with E-state index in [4.69, 9.17) is 4.74 Å². The highest BCUT2D eigenvalue weighted by Gasteiger charge is 2.28. The van der Waals surface area contributed by atoms with Gasteiger partial charge in [-0.05, 0) is 30.3 Å². The highest BCUT2D eigenvalue weighted by atomic mass is 19.4. The minimum atomic E-state index is -4.46. The van der Waals surface area contributed by atoms with Crippen LogP contribution < -0.4 is 14.8 Å². The molecule has 152 valence electrons. The van der Waals surface area contributed by atoms with Crippen LogP contribution in [0.5, 0.6) is 11.6 Å². The van der Waals surface area contributed by atoms with Gasteiger partial charge in [0.05, 0.1) is 19.2 Å². The van der Waals surface area contributed by atoms with E-state index >= 15 is 0 Å². The molecule has 3 aromatic rings. The SMILES string of the molecule is COc1ccc(-c2n[nH]c(CNC(=O)c3ccc(OCC(F)(F)F)nc3)n2)cc1. The van der Waals surface area contributed by atoms with Gasteiger partial charge in [0.25, 0.3) is 5.91 Å². The number of H-pyrrole nitrogens is 1. The number of carbonyl (C=O) groups excluding carboxylic acids is 1. The Balaban J connectivity index is 1.54. The lowest BCUT2D eigenvalue weighted by molar-refractivity contribution is -0.154. The molecule has 1 aromatic carbocycles. The smallest absolute Gasteiger partial charge is 0.422 e. The van der Waals surface area contributed by atoms with E-state index in [9.17, 15) is 18.0 Å². The predicted octanol–water partition coefficient (Wildman–Crippen LogP) is 2.75. The van der Waals surface area contributed by atoms with Crippen LogP contribution in [0.3, 0.4) is 0 Å². The Bertz CT molecular complexity index is 956. The molecule has 0 bridgehead atoms. The predicted molar refractivity (Wildman–Crippen MR) is 95.3 cm³/mol. The van der Waals surface area contributed by atoms with Crippen LogP contribution in [-0.2, 0) is 6.54 Å². The molecule has 0 atom stereocenters. The van der Waals surface area contributed by atoms with E-state index in [-0.39, 0.29) is 18.0 Å². The zero-order chi connectivity index (χ0) is 20.9. The van der Waals surface area contributed by atoms with Crippen molar-refractivity contribution in [1.29, 1.82) is 0 Å². The Kier molecular flexibility index (Phi) is 5.96. The first-order valence-electron chi connectivity index (χ1n) is 8.33. The normalized spacial score (nSPS) is 11.2. The number of amides is 1. The number of aromatic nitrogens is 4. The maximum Gasteiger partial charge on any atom is 0.422 e. The van der Waals surface area contributed by atoms with E-state index in [0.717, 1.165) is 11.8 Å². The van der Waals surface area contributed by atoms with Crippen molar-refractivity contribution in [1.82, 2.24) is 25.5 Å². The molecule has 2 N–H and O–H groups in total. The largest absolute Gasteiger partial charge is 0.497 e. The Morgan fingerprint density at radius 2 is 1.93 bits per heavy atom. The summed E-state index contributed by atoms with van der Waals surface area (Å²) in [5.74, 6) is 0.910. The van der Waals surface area contributed by atoms with Crippen LogP contribution in [0, 0.1) is 0 Å². The molecule has 0 radical (unpaired) electrons. The number of hydrogen-bond acceptors (Lipinski definition) is 6. The summed E-state index contributed by atoms with van der Waals surface area (Å²) in [6.45, 7) is -1.37. The molecular weight excluding hydrogens is 391 g/mol. The van der Waals surface area contributed by atoms with Crippen molar-refractivity contribution in [3.63, 3.8) is 0 Å². The number of nitrogens with one attached hydrogen (secondary N) is 2. The fourth-order valence-corrected chi connectivity index (χ4v) is 2.27. The van der Waals surface area contributed by atoms with Crippen LogP contribution in [0.25, 0.3) is 11.4 Å². The number of alkyl halides is 3. The molecule has 0 spiro atoms. The third-order valence-corrected chi connectivity index (χ3v) is 3.68. The molecule has 2 aromatic heterocycles. The minimum Gasteiger partial charge on any atom is -0.497 e. The third-order valence-electron chi connectivity index (χ3n) is 3.68. The summed E-state index contributed by atoms with van der Waals surface area (Å²) in [4.78, 5) is 20.1. The van der Waals surface area contributed by atoms with Gasteiger partial charge in [-0.15, -0.1) is 0 Å². The number of rotatable bonds is 7. The first-order valence-corrected chi connectivity index (χ1v) is 8.33. The van der Waals surface area contributed by atoms with Gasteiger partial charge in [0.15, 0.2) is 12.4 Å². The third kappa shape index (κ3) is 5.67. The number of ether oxygens (including phenoxy) is 2. The second kappa shape index (κ2) is 8.59. The highest BCUT2D eigenvalue weighted by Crippen LogP contribution is 2.19. The van der Waals surface area contributed by atoms with Crippen molar-refractivity contribution in [2.75, 3.05) is 13.7 Å². The second-order valence-electron chi connectivity index (χ2n) is 5.81. The summed E-state index contributed by atoms with van der Waals surface area (Å²) in [5, 5.41) is 9.45. The van der Waals surface area contributed by atoms with Crippen LogP contribution >= 0.6 is 0 Å². The number of methoxy groups -OCH3 is 1. The van der Waals surface area contributed by atoms with Gasteiger partial charge in [-0.3, -0.25) is 9.89 Å². The van der Waals surface area contributed by atoms with Crippen LogP contribution in [0.2, 0.25) is 0 Å². The zero-order valence-electron chi connectivity index (χ0n) is 15.2. The molecule has 0 saturated heterocycles. The van der Waals surface area contributed by atoms with Crippen LogP contribution in [0.4, 0.5) is 13.2 Å². The van der Waals surface area contributed by atoms with Gasteiger partial charge in [-0.2, -0.15) is 18.3 Å².